The first-order chi connectivity index (χ1) is 13.0. The lowest BCUT2D eigenvalue weighted by molar-refractivity contribution is -0.247. The number of aliphatic carboxylic acids is 1. The molecule has 1 aromatic rings. The molecule has 1 saturated heterocycles. The van der Waals surface area contributed by atoms with Gasteiger partial charge in [-0.05, 0) is 45.7 Å². The third-order valence-corrected chi connectivity index (χ3v) is 4.67. The topological polar surface area (TPSA) is 108 Å². The summed E-state index contributed by atoms with van der Waals surface area (Å²) < 4.78 is 10.9. The van der Waals surface area contributed by atoms with E-state index in [0.717, 1.165) is 5.56 Å². The van der Waals surface area contributed by atoms with E-state index in [0.29, 0.717) is 11.4 Å². The smallest absolute Gasteiger partial charge is 0.307 e. The monoisotopic (exact) mass is 394 g/mol. The van der Waals surface area contributed by atoms with Crippen molar-refractivity contribution in [2.75, 3.05) is 25.5 Å². The number of anilines is 1. The molecule has 1 fully saturated rings. The van der Waals surface area contributed by atoms with Crippen LogP contribution in [0.5, 0.6) is 5.75 Å². The van der Waals surface area contributed by atoms with Gasteiger partial charge in [-0.25, -0.2) is 0 Å². The molecule has 156 valence electrons. The van der Waals surface area contributed by atoms with Gasteiger partial charge in [-0.1, -0.05) is 12.1 Å². The number of amides is 1. The number of benzene rings is 1. The van der Waals surface area contributed by atoms with Gasteiger partial charge in [0.25, 0.3) is 0 Å². The van der Waals surface area contributed by atoms with Gasteiger partial charge in [0.1, 0.15) is 5.75 Å². The molecule has 1 amide bonds. The lowest BCUT2D eigenvalue weighted by Gasteiger charge is -2.39. The van der Waals surface area contributed by atoms with E-state index in [2.05, 4.69) is 5.32 Å². The van der Waals surface area contributed by atoms with E-state index in [1.165, 1.54) is 12.0 Å². The Kier molecular flexibility index (Phi) is 7.03. The Morgan fingerprint density at radius 2 is 1.89 bits per heavy atom. The van der Waals surface area contributed by atoms with Gasteiger partial charge in [-0.3, -0.25) is 14.5 Å². The number of carbonyl (C=O) groups excluding carboxylic acids is 1. The maximum absolute atomic E-state index is 12.9. The second-order valence-electron chi connectivity index (χ2n) is 8.12. The molecule has 1 aromatic carbocycles. The standard InChI is InChI=1S/C20H30N2O6/c1-12-7-6-8-15(27-5)16(12)21-17(23)13-9-14(18(24)25)11-22(10-13)19(26)28-20(2,3)4/h6-8,13-14,19,26H,9-11H2,1-5H3,(H,21,23)(H,24,25)/t13-,14+,19?/m0/s1. The van der Waals surface area contributed by atoms with Crippen molar-refractivity contribution in [3.8, 4) is 5.75 Å². The Labute approximate surface area is 165 Å². The second-order valence-corrected chi connectivity index (χ2v) is 8.12. The number of para-hydroxylation sites is 1. The Hall–Kier alpha value is -2.16. The lowest BCUT2D eigenvalue weighted by Crippen LogP contribution is -2.52. The van der Waals surface area contributed by atoms with Crippen LogP contribution in [-0.4, -0.2) is 59.2 Å². The van der Waals surface area contributed by atoms with E-state index in [1.54, 1.807) is 26.8 Å². The van der Waals surface area contributed by atoms with Crippen molar-refractivity contribution in [3.63, 3.8) is 0 Å². The number of nitrogens with zero attached hydrogens (tertiary/aromatic N) is 1. The fourth-order valence-electron chi connectivity index (χ4n) is 3.27. The van der Waals surface area contributed by atoms with Crippen LogP contribution in [0.1, 0.15) is 32.8 Å². The average molecular weight is 394 g/mol. The maximum Gasteiger partial charge on any atom is 0.307 e. The number of hydrogen-bond acceptors (Lipinski definition) is 6. The van der Waals surface area contributed by atoms with Gasteiger partial charge in [-0.2, -0.15) is 0 Å². The number of hydrogen-bond donors (Lipinski definition) is 3. The Morgan fingerprint density at radius 3 is 2.46 bits per heavy atom. The number of aryl methyl sites for hydroxylation is 1. The molecule has 0 aliphatic carbocycles. The van der Waals surface area contributed by atoms with E-state index < -0.39 is 29.8 Å². The fraction of sp³-hybridized carbons (Fsp3) is 0.600. The van der Waals surface area contributed by atoms with Crippen LogP contribution in [-0.2, 0) is 14.3 Å². The van der Waals surface area contributed by atoms with Crippen molar-refractivity contribution in [2.45, 2.75) is 46.1 Å². The van der Waals surface area contributed by atoms with E-state index in [-0.39, 0.29) is 25.4 Å². The van der Waals surface area contributed by atoms with Crippen LogP contribution in [0.2, 0.25) is 0 Å². The van der Waals surface area contributed by atoms with Gasteiger partial charge in [-0.15, -0.1) is 0 Å². The summed E-state index contributed by atoms with van der Waals surface area (Å²) in [5.41, 5.74) is 0.790. The van der Waals surface area contributed by atoms with Crippen molar-refractivity contribution >= 4 is 17.6 Å². The molecule has 8 nitrogen and oxygen atoms in total. The van der Waals surface area contributed by atoms with Gasteiger partial charge in [0.05, 0.1) is 30.2 Å². The number of carboxylic acids is 1. The summed E-state index contributed by atoms with van der Waals surface area (Å²) in [4.78, 5) is 26.0. The summed E-state index contributed by atoms with van der Waals surface area (Å²) >= 11 is 0. The van der Waals surface area contributed by atoms with Crippen LogP contribution in [0.4, 0.5) is 5.69 Å². The zero-order chi connectivity index (χ0) is 21.1. The molecule has 8 heteroatoms. The van der Waals surface area contributed by atoms with Crippen LogP contribution in [0, 0.1) is 18.8 Å². The molecular weight excluding hydrogens is 364 g/mol. The molecule has 1 unspecified atom stereocenters. The van der Waals surface area contributed by atoms with Gasteiger partial charge in [0.15, 0.2) is 0 Å². The highest BCUT2D eigenvalue weighted by Crippen LogP contribution is 2.30. The van der Waals surface area contributed by atoms with Crippen molar-refractivity contribution in [1.82, 2.24) is 4.90 Å². The summed E-state index contributed by atoms with van der Waals surface area (Å²) in [6.07, 6.45) is -1.10. The predicted octanol–water partition coefficient (Wildman–Crippen LogP) is 2.06. The van der Waals surface area contributed by atoms with E-state index in [1.807, 2.05) is 19.1 Å². The highest BCUT2D eigenvalue weighted by molar-refractivity contribution is 5.95. The SMILES string of the molecule is COc1cccc(C)c1NC(=O)[C@H]1C[C@@H](C(=O)O)CN(C(O)OC(C)(C)C)C1. The molecule has 28 heavy (non-hydrogen) atoms. The van der Waals surface area contributed by atoms with Crippen molar-refractivity contribution < 1.29 is 29.3 Å². The normalized spacial score (nSPS) is 21.8. The van der Waals surface area contributed by atoms with Crippen molar-refractivity contribution in [3.05, 3.63) is 23.8 Å². The molecule has 3 atom stereocenters. The molecule has 3 N–H and O–H groups in total. The molecule has 0 bridgehead atoms. The van der Waals surface area contributed by atoms with Crippen LogP contribution >= 0.6 is 0 Å². The number of rotatable bonds is 6. The lowest BCUT2D eigenvalue weighted by atomic mass is 9.88. The summed E-state index contributed by atoms with van der Waals surface area (Å²) in [6, 6.07) is 5.43. The molecule has 0 saturated carbocycles. The number of aliphatic hydroxyl groups is 1. The van der Waals surface area contributed by atoms with Crippen LogP contribution < -0.4 is 10.1 Å². The minimum atomic E-state index is -1.29. The Bertz CT molecular complexity index is 715. The molecular formula is C20H30N2O6. The summed E-state index contributed by atoms with van der Waals surface area (Å²) in [6.45, 7) is 7.55. The number of aliphatic hydroxyl groups excluding tert-OH is 1. The summed E-state index contributed by atoms with van der Waals surface area (Å²) in [7, 11) is 1.52. The number of carboxylic acid groups (broad SMARTS) is 1. The quantitative estimate of drug-likeness (QED) is 0.634. The Morgan fingerprint density at radius 1 is 1.25 bits per heavy atom. The van der Waals surface area contributed by atoms with Crippen LogP contribution in [0.15, 0.2) is 18.2 Å². The average Bonchev–Trinajstić information content (AvgIpc) is 2.61. The number of likely N-dealkylation sites (tertiary alicyclic amines) is 1. The van der Waals surface area contributed by atoms with Crippen LogP contribution in [0.25, 0.3) is 0 Å². The van der Waals surface area contributed by atoms with Gasteiger partial charge in [0, 0.05) is 13.1 Å². The fourth-order valence-corrected chi connectivity index (χ4v) is 3.27. The first-order valence-corrected chi connectivity index (χ1v) is 9.29. The van der Waals surface area contributed by atoms with Crippen molar-refractivity contribution in [2.24, 2.45) is 11.8 Å². The minimum absolute atomic E-state index is 0.115. The molecule has 2 rings (SSSR count). The minimum Gasteiger partial charge on any atom is -0.495 e. The van der Waals surface area contributed by atoms with Crippen molar-refractivity contribution in [1.29, 1.82) is 0 Å². The second kappa shape index (κ2) is 8.89. The molecule has 1 aliphatic rings. The molecule has 1 heterocycles. The molecule has 0 aromatic heterocycles. The maximum atomic E-state index is 12.9. The van der Waals surface area contributed by atoms with E-state index >= 15 is 0 Å². The van der Waals surface area contributed by atoms with Crippen LogP contribution in [0.3, 0.4) is 0 Å². The third-order valence-electron chi connectivity index (χ3n) is 4.67. The first-order valence-electron chi connectivity index (χ1n) is 9.29. The first kappa shape index (κ1) is 22.1. The van der Waals surface area contributed by atoms with Gasteiger partial charge >= 0.3 is 5.97 Å². The van der Waals surface area contributed by atoms with E-state index in [4.69, 9.17) is 9.47 Å². The number of carbonyl (C=O) groups is 2. The molecule has 1 aliphatic heterocycles. The number of ether oxygens (including phenoxy) is 2. The largest absolute Gasteiger partial charge is 0.495 e. The zero-order valence-corrected chi connectivity index (χ0v) is 17.1. The zero-order valence-electron chi connectivity index (χ0n) is 17.1. The number of methoxy groups -OCH3 is 1. The number of piperidine rings is 1. The summed E-state index contributed by atoms with van der Waals surface area (Å²) in [5.74, 6) is -2.17. The molecule has 0 radical (unpaired) electrons. The third kappa shape index (κ3) is 5.67. The van der Waals surface area contributed by atoms with Gasteiger partial charge in [0.2, 0.25) is 12.3 Å². The summed E-state index contributed by atoms with van der Waals surface area (Å²) in [5, 5.41) is 22.7. The van der Waals surface area contributed by atoms with Gasteiger partial charge < -0.3 is 25.0 Å². The molecule has 0 spiro atoms. The highest BCUT2D eigenvalue weighted by atomic mass is 16.6. The Balaban J connectivity index is 2.18. The highest BCUT2D eigenvalue weighted by Gasteiger charge is 2.38. The number of nitrogens with one attached hydrogen (secondary N) is 1. The predicted molar refractivity (Wildman–Crippen MR) is 104 cm³/mol. The van der Waals surface area contributed by atoms with E-state index in [9.17, 15) is 19.8 Å².